The second-order valence-corrected chi connectivity index (χ2v) is 6.60. The molecule has 0 amide bonds. The van der Waals surface area contributed by atoms with Crippen molar-refractivity contribution < 1.29 is 14.3 Å². The first-order valence-electron chi connectivity index (χ1n) is 8.99. The van der Waals surface area contributed by atoms with E-state index in [4.69, 9.17) is 14.9 Å². The Morgan fingerprint density at radius 1 is 1.04 bits per heavy atom. The first kappa shape index (κ1) is 17.9. The molecule has 2 N–H and O–H groups in total. The highest BCUT2D eigenvalue weighted by Gasteiger charge is 2.35. The Kier molecular flexibility index (Phi) is 4.61. The molecular weight excluding hydrogens is 354 g/mol. The summed E-state index contributed by atoms with van der Waals surface area (Å²) in [6, 6.07) is 15.3. The summed E-state index contributed by atoms with van der Waals surface area (Å²) < 4.78 is 10.6. The Morgan fingerprint density at radius 3 is 2.36 bits per heavy atom. The van der Waals surface area contributed by atoms with Crippen LogP contribution in [0.1, 0.15) is 12.0 Å². The van der Waals surface area contributed by atoms with Crippen molar-refractivity contribution in [1.82, 2.24) is 5.32 Å². The fraction of sp³-hybridized carbons (Fsp3) is 0.182. The van der Waals surface area contributed by atoms with Gasteiger partial charge in [-0.2, -0.15) is 0 Å². The number of hydrogen-bond donors (Lipinski definition) is 2. The van der Waals surface area contributed by atoms with E-state index in [1.165, 1.54) is 0 Å². The number of carbonyl (C=O) groups is 1. The van der Waals surface area contributed by atoms with Crippen LogP contribution in [-0.2, 0) is 4.79 Å². The van der Waals surface area contributed by atoms with E-state index in [1.54, 1.807) is 37.3 Å². The van der Waals surface area contributed by atoms with Gasteiger partial charge in [0.2, 0.25) is 0 Å². The molecule has 2 heterocycles. The molecule has 1 saturated heterocycles. The number of nitrogens with zero attached hydrogens (tertiary/aromatic N) is 1. The van der Waals surface area contributed by atoms with Crippen LogP contribution in [0, 0.1) is 5.41 Å². The molecule has 0 aliphatic carbocycles. The molecule has 2 aromatic carbocycles. The maximum Gasteiger partial charge on any atom is 0.188 e. The van der Waals surface area contributed by atoms with E-state index in [0.29, 0.717) is 29.2 Å². The van der Waals surface area contributed by atoms with E-state index in [2.05, 4.69) is 11.4 Å². The summed E-state index contributed by atoms with van der Waals surface area (Å²) in [5.41, 5.74) is 3.92. The van der Waals surface area contributed by atoms with E-state index in [1.807, 2.05) is 30.3 Å². The summed E-state index contributed by atoms with van der Waals surface area (Å²) >= 11 is 0. The maximum absolute atomic E-state index is 12.7. The van der Waals surface area contributed by atoms with Gasteiger partial charge in [0.05, 0.1) is 32.0 Å². The zero-order valence-electron chi connectivity index (χ0n) is 15.8. The van der Waals surface area contributed by atoms with Crippen LogP contribution in [0.5, 0.6) is 11.5 Å². The number of amidine groups is 1. The highest BCUT2D eigenvalue weighted by atomic mass is 16.5. The van der Waals surface area contributed by atoms with Crippen LogP contribution in [0.3, 0.4) is 0 Å². The summed E-state index contributed by atoms with van der Waals surface area (Å²) in [7, 11) is 3.15. The first-order chi connectivity index (χ1) is 13.6. The fourth-order valence-electron chi connectivity index (χ4n) is 3.49. The van der Waals surface area contributed by atoms with Gasteiger partial charge in [-0.15, -0.1) is 0 Å². The van der Waals surface area contributed by atoms with Crippen LogP contribution >= 0.6 is 0 Å². The minimum Gasteiger partial charge on any atom is -0.497 e. The lowest BCUT2D eigenvalue weighted by Crippen LogP contribution is -2.25. The number of hydrogen-bond acceptors (Lipinski definition) is 5. The number of ether oxygens (including phenoxy) is 2. The Labute approximate surface area is 163 Å². The van der Waals surface area contributed by atoms with E-state index < -0.39 is 0 Å². The van der Waals surface area contributed by atoms with Crippen LogP contribution in [0.15, 0.2) is 65.9 Å². The van der Waals surface area contributed by atoms with Gasteiger partial charge in [0.25, 0.3) is 0 Å². The third-order valence-electron chi connectivity index (χ3n) is 4.92. The van der Waals surface area contributed by atoms with Gasteiger partial charge in [-0.25, -0.2) is 0 Å². The normalized spacial score (nSPS) is 18.9. The number of rotatable bonds is 4. The Balaban J connectivity index is 1.63. The molecular formula is C22H21N3O3. The molecule has 142 valence electrons. The number of carbonyl (C=O) groups excluding carboxylic acids is 1. The molecule has 2 aliphatic heterocycles. The number of benzene rings is 2. The monoisotopic (exact) mass is 375 g/mol. The van der Waals surface area contributed by atoms with Crippen molar-refractivity contribution >= 4 is 23.0 Å². The SMILES string of the molecule is COc1cc(OC)cc(N2CC(=O)C(=C3CC=C(c4ccccc4)N3)C2=N)c1. The molecule has 4 rings (SSSR count). The van der Waals surface area contributed by atoms with Crippen LogP contribution in [0.2, 0.25) is 0 Å². The minimum absolute atomic E-state index is 0.0722. The van der Waals surface area contributed by atoms with Gasteiger partial charge in [-0.3, -0.25) is 10.2 Å². The van der Waals surface area contributed by atoms with Gasteiger partial charge in [-0.1, -0.05) is 36.4 Å². The molecule has 0 radical (unpaired) electrons. The standard InChI is InChI=1S/C22H21N3O3/c1-27-16-10-15(11-17(12-16)28-2)25-13-20(26)21(22(25)23)19-9-8-18(24-19)14-6-4-3-5-7-14/h3-8,10-12,23-24H,9,13H2,1-2H3. The smallest absolute Gasteiger partial charge is 0.188 e. The summed E-state index contributed by atoms with van der Waals surface area (Å²) in [6.45, 7) is 0.121. The number of allylic oxidation sites excluding steroid dienone is 1. The number of ketones is 1. The molecule has 2 aliphatic rings. The molecule has 1 fully saturated rings. The number of Topliss-reactive ketones (excluding diaryl/α,β-unsaturated/α-hetero) is 1. The van der Waals surface area contributed by atoms with Crippen molar-refractivity contribution in [3.8, 4) is 11.5 Å². The van der Waals surface area contributed by atoms with Crippen molar-refractivity contribution in [2.24, 2.45) is 0 Å². The first-order valence-corrected chi connectivity index (χ1v) is 8.99. The number of nitrogens with one attached hydrogen (secondary N) is 2. The lowest BCUT2D eigenvalue weighted by atomic mass is 10.1. The Bertz CT molecular complexity index is 987. The third kappa shape index (κ3) is 3.13. The molecule has 0 spiro atoms. The van der Waals surface area contributed by atoms with Gasteiger partial charge >= 0.3 is 0 Å². The Morgan fingerprint density at radius 2 is 1.71 bits per heavy atom. The van der Waals surface area contributed by atoms with Crippen LogP contribution in [-0.4, -0.2) is 32.4 Å². The minimum atomic E-state index is -0.0722. The zero-order valence-corrected chi connectivity index (χ0v) is 15.8. The largest absolute Gasteiger partial charge is 0.497 e. The predicted octanol–water partition coefficient (Wildman–Crippen LogP) is 3.36. The molecule has 28 heavy (non-hydrogen) atoms. The number of anilines is 1. The van der Waals surface area contributed by atoms with E-state index in [9.17, 15) is 4.79 Å². The molecule has 0 aromatic heterocycles. The molecule has 2 aromatic rings. The lowest BCUT2D eigenvalue weighted by Gasteiger charge is -2.19. The predicted molar refractivity (Wildman–Crippen MR) is 109 cm³/mol. The van der Waals surface area contributed by atoms with Crippen LogP contribution in [0.4, 0.5) is 5.69 Å². The third-order valence-corrected chi connectivity index (χ3v) is 4.92. The fourth-order valence-corrected chi connectivity index (χ4v) is 3.49. The van der Waals surface area contributed by atoms with Gasteiger partial charge in [0, 0.05) is 36.0 Å². The lowest BCUT2D eigenvalue weighted by molar-refractivity contribution is -0.113. The van der Waals surface area contributed by atoms with Crippen LogP contribution in [0.25, 0.3) is 5.70 Å². The summed E-state index contributed by atoms with van der Waals surface area (Å²) in [6.07, 6.45) is 2.65. The van der Waals surface area contributed by atoms with Crippen molar-refractivity contribution in [3.05, 3.63) is 71.4 Å². The highest BCUT2D eigenvalue weighted by Crippen LogP contribution is 2.33. The molecule has 0 unspecified atom stereocenters. The average Bonchev–Trinajstić information content (AvgIpc) is 3.32. The summed E-state index contributed by atoms with van der Waals surface area (Å²) in [4.78, 5) is 14.4. The second-order valence-electron chi connectivity index (χ2n) is 6.60. The highest BCUT2D eigenvalue weighted by molar-refractivity contribution is 6.33. The quantitative estimate of drug-likeness (QED) is 0.802. The van der Waals surface area contributed by atoms with Crippen molar-refractivity contribution in [2.75, 3.05) is 25.7 Å². The topological polar surface area (TPSA) is 74.7 Å². The van der Waals surface area contributed by atoms with E-state index >= 15 is 0 Å². The van der Waals surface area contributed by atoms with Gasteiger partial charge in [0.1, 0.15) is 17.3 Å². The van der Waals surface area contributed by atoms with E-state index in [-0.39, 0.29) is 18.2 Å². The zero-order chi connectivity index (χ0) is 19.7. The van der Waals surface area contributed by atoms with Gasteiger partial charge in [-0.05, 0) is 5.56 Å². The number of methoxy groups -OCH3 is 2. The Hall–Kier alpha value is -3.54. The van der Waals surface area contributed by atoms with Crippen molar-refractivity contribution in [3.63, 3.8) is 0 Å². The summed E-state index contributed by atoms with van der Waals surface area (Å²) in [5.74, 6) is 1.34. The second kappa shape index (κ2) is 7.23. The average molecular weight is 375 g/mol. The van der Waals surface area contributed by atoms with Crippen molar-refractivity contribution in [2.45, 2.75) is 6.42 Å². The van der Waals surface area contributed by atoms with Gasteiger partial charge < -0.3 is 19.7 Å². The molecule has 0 bridgehead atoms. The molecule has 0 saturated carbocycles. The molecule has 0 atom stereocenters. The van der Waals surface area contributed by atoms with Gasteiger partial charge in [0.15, 0.2) is 5.78 Å². The van der Waals surface area contributed by atoms with Crippen molar-refractivity contribution in [1.29, 1.82) is 5.41 Å². The van der Waals surface area contributed by atoms with Crippen LogP contribution < -0.4 is 19.7 Å². The molecule has 6 nitrogen and oxygen atoms in total. The maximum atomic E-state index is 12.7. The van der Waals surface area contributed by atoms with E-state index in [0.717, 1.165) is 17.0 Å². The molecule has 6 heteroatoms. The summed E-state index contributed by atoms with van der Waals surface area (Å²) in [5, 5.41) is 12.0.